The molecule has 0 aromatic heterocycles. The molecule has 4 heteroatoms. The number of hydrogen-bond acceptors (Lipinski definition) is 4. The molecule has 3 unspecified atom stereocenters. The van der Waals surface area contributed by atoms with E-state index in [-0.39, 0.29) is 0 Å². The lowest BCUT2D eigenvalue weighted by Crippen LogP contribution is -2.55. The Morgan fingerprint density at radius 3 is 2.53 bits per heavy atom. The van der Waals surface area contributed by atoms with E-state index in [2.05, 4.69) is 47.8 Å². The van der Waals surface area contributed by atoms with Gasteiger partial charge in [-0.05, 0) is 33.9 Å². The van der Waals surface area contributed by atoms with Gasteiger partial charge >= 0.3 is 0 Å². The highest BCUT2D eigenvalue weighted by atomic mass is 32.2. The Balaban J connectivity index is 1.71. The van der Waals surface area contributed by atoms with Gasteiger partial charge in [-0.25, -0.2) is 0 Å². The van der Waals surface area contributed by atoms with Crippen molar-refractivity contribution in [2.45, 2.75) is 38.4 Å². The molecule has 2 aliphatic heterocycles. The van der Waals surface area contributed by atoms with E-state index < -0.39 is 0 Å². The molecule has 0 amide bonds. The monoisotopic (exact) mass is 257 g/mol. The van der Waals surface area contributed by atoms with E-state index in [9.17, 15) is 0 Å². The summed E-state index contributed by atoms with van der Waals surface area (Å²) < 4.78 is 0. The van der Waals surface area contributed by atoms with Crippen molar-refractivity contribution < 1.29 is 0 Å². The Labute approximate surface area is 110 Å². The number of hydrogen-bond donors (Lipinski definition) is 1. The number of nitrogens with one attached hydrogen (secondary N) is 1. The molecule has 2 heterocycles. The van der Waals surface area contributed by atoms with Gasteiger partial charge in [-0.15, -0.1) is 0 Å². The molecule has 0 saturated carbocycles. The maximum atomic E-state index is 3.63. The predicted octanol–water partition coefficient (Wildman–Crippen LogP) is 1.11. The van der Waals surface area contributed by atoms with Gasteiger partial charge in [0.2, 0.25) is 0 Å². The molecule has 0 spiro atoms. The summed E-state index contributed by atoms with van der Waals surface area (Å²) in [4.78, 5) is 5.15. The average Bonchev–Trinajstić information content (AvgIpc) is 2.34. The van der Waals surface area contributed by atoms with Crippen LogP contribution in [0.4, 0.5) is 0 Å². The first-order chi connectivity index (χ1) is 8.16. The molecular formula is C13H27N3S. The summed E-state index contributed by atoms with van der Waals surface area (Å²) in [5, 5.41) is 3.63. The van der Waals surface area contributed by atoms with Crippen molar-refractivity contribution in [3.05, 3.63) is 0 Å². The highest BCUT2D eigenvalue weighted by molar-refractivity contribution is 7.99. The quantitative estimate of drug-likeness (QED) is 0.816. The summed E-state index contributed by atoms with van der Waals surface area (Å²) in [7, 11) is 2.26. The maximum absolute atomic E-state index is 3.63. The molecule has 3 nitrogen and oxygen atoms in total. The van der Waals surface area contributed by atoms with Gasteiger partial charge in [-0.2, -0.15) is 11.8 Å². The third kappa shape index (κ3) is 3.85. The Kier molecular flexibility index (Phi) is 5.15. The van der Waals surface area contributed by atoms with E-state index in [1.807, 2.05) is 0 Å². The van der Waals surface area contributed by atoms with E-state index in [0.717, 1.165) is 6.04 Å². The maximum Gasteiger partial charge on any atom is 0.0195 e. The molecule has 0 bridgehead atoms. The van der Waals surface area contributed by atoms with Crippen molar-refractivity contribution >= 4 is 11.8 Å². The van der Waals surface area contributed by atoms with Crippen molar-refractivity contribution in [3.63, 3.8) is 0 Å². The second kappa shape index (κ2) is 6.41. The summed E-state index contributed by atoms with van der Waals surface area (Å²) in [5.41, 5.74) is 0. The molecule has 2 saturated heterocycles. The molecule has 0 aromatic rings. The lowest BCUT2D eigenvalue weighted by atomic mass is 10.1. The van der Waals surface area contributed by atoms with Gasteiger partial charge in [0, 0.05) is 49.3 Å². The number of thioether (sulfide) groups is 1. The van der Waals surface area contributed by atoms with Crippen LogP contribution in [0.5, 0.6) is 0 Å². The van der Waals surface area contributed by atoms with Gasteiger partial charge in [-0.3, -0.25) is 4.90 Å². The summed E-state index contributed by atoms with van der Waals surface area (Å²) in [6.07, 6.45) is 1.32. The molecule has 3 atom stereocenters. The highest BCUT2D eigenvalue weighted by Gasteiger charge is 2.26. The fourth-order valence-electron chi connectivity index (χ4n) is 2.84. The largest absolute Gasteiger partial charge is 0.312 e. The van der Waals surface area contributed by atoms with Crippen LogP contribution in [0.3, 0.4) is 0 Å². The summed E-state index contributed by atoms with van der Waals surface area (Å²) in [5.74, 6) is 2.60. The molecule has 0 aromatic carbocycles. The van der Waals surface area contributed by atoms with Crippen molar-refractivity contribution in [1.82, 2.24) is 15.1 Å². The van der Waals surface area contributed by atoms with Crippen molar-refractivity contribution in [2.75, 3.05) is 44.7 Å². The van der Waals surface area contributed by atoms with E-state index in [0.29, 0.717) is 12.1 Å². The molecular weight excluding hydrogens is 230 g/mol. The number of nitrogens with zero attached hydrogens (tertiary/aromatic N) is 2. The Bertz CT molecular complexity index is 219. The first-order valence-electron chi connectivity index (χ1n) is 6.92. The summed E-state index contributed by atoms with van der Waals surface area (Å²) in [6, 6.07) is 2.15. The van der Waals surface area contributed by atoms with Crippen molar-refractivity contribution in [1.29, 1.82) is 0 Å². The van der Waals surface area contributed by atoms with Crippen LogP contribution in [-0.4, -0.2) is 72.7 Å². The number of piperazine rings is 1. The number of rotatable bonds is 3. The van der Waals surface area contributed by atoms with Crippen molar-refractivity contribution in [2.24, 2.45) is 0 Å². The third-order valence-corrected chi connectivity index (χ3v) is 5.36. The van der Waals surface area contributed by atoms with E-state index in [4.69, 9.17) is 0 Å². The molecule has 100 valence electrons. The summed E-state index contributed by atoms with van der Waals surface area (Å²) in [6.45, 7) is 9.63. The van der Waals surface area contributed by atoms with Gasteiger partial charge in [0.1, 0.15) is 0 Å². The van der Waals surface area contributed by atoms with Gasteiger partial charge in [0.05, 0.1) is 0 Å². The van der Waals surface area contributed by atoms with Crippen LogP contribution in [0.15, 0.2) is 0 Å². The van der Waals surface area contributed by atoms with E-state index >= 15 is 0 Å². The van der Waals surface area contributed by atoms with E-state index in [1.54, 1.807) is 0 Å². The molecule has 1 N–H and O–H groups in total. The van der Waals surface area contributed by atoms with Crippen LogP contribution in [0.1, 0.15) is 20.3 Å². The normalized spacial score (nSPS) is 37.2. The van der Waals surface area contributed by atoms with Crippen LogP contribution >= 0.6 is 11.8 Å². The second-order valence-electron chi connectivity index (χ2n) is 5.64. The predicted molar refractivity (Wildman–Crippen MR) is 76.9 cm³/mol. The standard InChI is InChI=1S/C13H27N3S/c1-11-8-16(9-12(2)15(11)3)6-4-13-10-17-7-5-14-13/h11-14H,4-10H2,1-3H3. The highest BCUT2D eigenvalue weighted by Crippen LogP contribution is 2.15. The molecule has 2 aliphatic rings. The zero-order valence-electron chi connectivity index (χ0n) is 11.5. The summed E-state index contributed by atoms with van der Waals surface area (Å²) >= 11 is 2.10. The Morgan fingerprint density at radius 1 is 1.24 bits per heavy atom. The van der Waals surface area contributed by atoms with Crippen LogP contribution in [0, 0.1) is 0 Å². The molecule has 2 rings (SSSR count). The minimum atomic E-state index is 0.701. The van der Waals surface area contributed by atoms with Crippen LogP contribution in [0.25, 0.3) is 0 Å². The van der Waals surface area contributed by atoms with Gasteiger partial charge < -0.3 is 10.2 Å². The lowest BCUT2D eigenvalue weighted by molar-refractivity contribution is 0.0581. The number of likely N-dealkylation sites (N-methyl/N-ethyl adjacent to an activating group) is 1. The first kappa shape index (κ1) is 13.7. The topological polar surface area (TPSA) is 18.5 Å². The fraction of sp³-hybridized carbons (Fsp3) is 1.00. The van der Waals surface area contributed by atoms with E-state index in [1.165, 1.54) is 44.1 Å². The van der Waals surface area contributed by atoms with Gasteiger partial charge in [0.25, 0.3) is 0 Å². The minimum absolute atomic E-state index is 0.701. The first-order valence-corrected chi connectivity index (χ1v) is 8.07. The minimum Gasteiger partial charge on any atom is -0.312 e. The molecule has 17 heavy (non-hydrogen) atoms. The van der Waals surface area contributed by atoms with Gasteiger partial charge in [-0.1, -0.05) is 0 Å². The second-order valence-corrected chi connectivity index (χ2v) is 6.79. The zero-order chi connectivity index (χ0) is 12.3. The molecule has 0 radical (unpaired) electrons. The van der Waals surface area contributed by atoms with Crippen LogP contribution in [0.2, 0.25) is 0 Å². The lowest BCUT2D eigenvalue weighted by Gasteiger charge is -2.43. The SMILES string of the molecule is CC1CN(CCC2CSCCN2)CC(C)N1C. The molecule has 2 fully saturated rings. The average molecular weight is 257 g/mol. The Morgan fingerprint density at radius 2 is 1.94 bits per heavy atom. The van der Waals surface area contributed by atoms with Gasteiger partial charge in [0.15, 0.2) is 0 Å². The fourth-order valence-corrected chi connectivity index (χ4v) is 3.84. The van der Waals surface area contributed by atoms with Crippen molar-refractivity contribution in [3.8, 4) is 0 Å². The Hall–Kier alpha value is 0.230. The third-order valence-electron chi connectivity index (χ3n) is 4.23. The zero-order valence-corrected chi connectivity index (χ0v) is 12.3. The van der Waals surface area contributed by atoms with Crippen LogP contribution < -0.4 is 5.32 Å². The van der Waals surface area contributed by atoms with Crippen LogP contribution in [-0.2, 0) is 0 Å². The molecule has 0 aliphatic carbocycles. The smallest absolute Gasteiger partial charge is 0.0195 e.